The van der Waals surface area contributed by atoms with Gasteiger partial charge in [0.2, 0.25) is 11.5 Å². The topological polar surface area (TPSA) is 87.0 Å². The number of hydrogen-bond donors (Lipinski definition) is 3. The summed E-state index contributed by atoms with van der Waals surface area (Å²) in [4.78, 5) is 30.3. The van der Waals surface area contributed by atoms with E-state index in [-0.39, 0.29) is 17.9 Å². The lowest BCUT2D eigenvalue weighted by atomic mass is 10.1. The first-order valence-corrected chi connectivity index (χ1v) is 8.64. The first-order valence-electron chi connectivity index (χ1n) is 8.64. The average molecular weight is 361 g/mol. The zero-order valence-corrected chi connectivity index (χ0v) is 14.8. The van der Waals surface area contributed by atoms with Gasteiger partial charge in [0.05, 0.1) is 18.5 Å². The number of aromatic amines is 2. The Balaban J connectivity index is 1.57. The number of H-pyrrole nitrogens is 2. The molecule has 2 heterocycles. The van der Waals surface area contributed by atoms with Gasteiger partial charge in [-0.1, -0.05) is 24.3 Å². The van der Waals surface area contributed by atoms with Crippen molar-refractivity contribution in [3.8, 4) is 0 Å². The zero-order chi connectivity index (χ0) is 18.8. The Morgan fingerprint density at radius 1 is 1.04 bits per heavy atom. The average Bonchev–Trinajstić information content (AvgIpc) is 3.04. The molecule has 27 heavy (non-hydrogen) atoms. The molecule has 0 bridgehead atoms. The van der Waals surface area contributed by atoms with Gasteiger partial charge in [0, 0.05) is 41.3 Å². The summed E-state index contributed by atoms with van der Waals surface area (Å²) in [5.41, 5.74) is 3.87. The predicted molar refractivity (Wildman–Crippen MR) is 106 cm³/mol. The van der Waals surface area contributed by atoms with Crippen LogP contribution in [0.5, 0.6) is 0 Å². The van der Waals surface area contributed by atoms with E-state index >= 15 is 0 Å². The number of fused-ring (bicyclic) bond motifs is 2. The number of pyridine rings is 1. The van der Waals surface area contributed by atoms with Crippen molar-refractivity contribution in [3.05, 3.63) is 76.2 Å². The van der Waals surface area contributed by atoms with Crippen LogP contribution in [0, 0.1) is 0 Å². The summed E-state index contributed by atoms with van der Waals surface area (Å²) in [6.07, 6.45) is 2.13. The van der Waals surface area contributed by atoms with Crippen LogP contribution in [0.1, 0.15) is 11.1 Å². The molecule has 4 rings (SSSR count). The summed E-state index contributed by atoms with van der Waals surface area (Å²) < 4.78 is 5.15. The van der Waals surface area contributed by atoms with E-state index in [1.807, 2.05) is 42.6 Å². The van der Waals surface area contributed by atoms with Gasteiger partial charge in [0.15, 0.2) is 0 Å². The third-order valence-corrected chi connectivity index (χ3v) is 4.54. The number of benzene rings is 2. The second kappa shape index (κ2) is 7.09. The Bertz CT molecular complexity index is 1190. The lowest BCUT2D eigenvalue weighted by Crippen LogP contribution is -2.14. The number of para-hydroxylation sites is 1. The molecular formula is C21H19N3O3. The second-order valence-electron chi connectivity index (χ2n) is 6.44. The normalized spacial score (nSPS) is 11.1. The van der Waals surface area contributed by atoms with Crippen LogP contribution in [0.2, 0.25) is 0 Å². The second-order valence-corrected chi connectivity index (χ2v) is 6.44. The van der Waals surface area contributed by atoms with Gasteiger partial charge in [-0.25, -0.2) is 0 Å². The fourth-order valence-electron chi connectivity index (χ4n) is 3.34. The molecule has 0 radical (unpaired) electrons. The molecular weight excluding hydrogens is 342 g/mol. The maximum atomic E-state index is 12.5. The number of rotatable bonds is 5. The van der Waals surface area contributed by atoms with Crippen LogP contribution in [-0.2, 0) is 22.6 Å². The molecule has 0 saturated carbocycles. The van der Waals surface area contributed by atoms with E-state index in [1.165, 1.54) is 6.07 Å². The van der Waals surface area contributed by atoms with Gasteiger partial charge >= 0.3 is 0 Å². The highest BCUT2D eigenvalue weighted by atomic mass is 16.5. The molecule has 6 heteroatoms. The van der Waals surface area contributed by atoms with Crippen LogP contribution in [0.15, 0.2) is 59.5 Å². The quantitative estimate of drug-likeness (QED) is 0.509. The third-order valence-electron chi connectivity index (χ3n) is 4.54. The minimum Gasteiger partial charge on any atom is -0.380 e. The monoisotopic (exact) mass is 361 g/mol. The number of ether oxygens (including phenoxy) is 1. The number of carbonyl (C=O) groups is 1. The molecule has 4 aromatic rings. The van der Waals surface area contributed by atoms with Crippen molar-refractivity contribution in [2.24, 2.45) is 0 Å². The molecule has 6 nitrogen and oxygen atoms in total. The number of anilines is 1. The molecule has 3 N–H and O–H groups in total. The number of amides is 1. The lowest BCUT2D eigenvalue weighted by Gasteiger charge is -2.09. The highest BCUT2D eigenvalue weighted by Gasteiger charge is 2.10. The standard InChI is InChI=1S/C21H19N3O3/c1-27-12-14-9-21(26)24-19-10-15(6-7-17(14)19)23-20(25)8-13-11-22-18-5-3-2-4-16(13)18/h2-7,9-11,22H,8,12H2,1H3,(H,23,25)(H,24,26). The smallest absolute Gasteiger partial charge is 0.248 e. The summed E-state index contributed by atoms with van der Waals surface area (Å²) in [6.45, 7) is 0.354. The van der Waals surface area contributed by atoms with E-state index in [2.05, 4.69) is 15.3 Å². The molecule has 2 aromatic carbocycles. The van der Waals surface area contributed by atoms with Crippen molar-refractivity contribution in [2.75, 3.05) is 12.4 Å². The molecule has 2 aromatic heterocycles. The van der Waals surface area contributed by atoms with Crippen LogP contribution < -0.4 is 10.9 Å². The van der Waals surface area contributed by atoms with Gasteiger partial charge in [-0.2, -0.15) is 0 Å². The van der Waals surface area contributed by atoms with Crippen molar-refractivity contribution in [1.29, 1.82) is 0 Å². The summed E-state index contributed by atoms with van der Waals surface area (Å²) in [6, 6.07) is 14.9. The van der Waals surface area contributed by atoms with Crippen LogP contribution in [0.3, 0.4) is 0 Å². The van der Waals surface area contributed by atoms with Gasteiger partial charge < -0.3 is 20.0 Å². The lowest BCUT2D eigenvalue weighted by molar-refractivity contribution is -0.115. The van der Waals surface area contributed by atoms with Crippen LogP contribution in [-0.4, -0.2) is 23.0 Å². The SMILES string of the molecule is COCc1cc(=O)[nH]c2cc(NC(=O)Cc3c[nH]c4ccccc34)ccc12. The molecule has 0 unspecified atom stereocenters. The number of aromatic nitrogens is 2. The maximum Gasteiger partial charge on any atom is 0.248 e. The largest absolute Gasteiger partial charge is 0.380 e. The molecule has 0 aliphatic carbocycles. The Labute approximate surface area is 155 Å². The van der Waals surface area contributed by atoms with E-state index in [0.717, 1.165) is 27.4 Å². The Kier molecular flexibility index (Phi) is 4.48. The van der Waals surface area contributed by atoms with Crippen molar-refractivity contribution in [2.45, 2.75) is 13.0 Å². The van der Waals surface area contributed by atoms with Gasteiger partial charge in [0.1, 0.15) is 0 Å². The fraction of sp³-hybridized carbons (Fsp3) is 0.143. The Hall–Kier alpha value is -3.38. The first-order chi connectivity index (χ1) is 13.1. The molecule has 0 fully saturated rings. The summed E-state index contributed by atoms with van der Waals surface area (Å²) in [5, 5.41) is 4.84. The summed E-state index contributed by atoms with van der Waals surface area (Å²) in [7, 11) is 1.59. The molecule has 136 valence electrons. The minimum absolute atomic E-state index is 0.116. The molecule has 0 aliphatic heterocycles. The van der Waals surface area contributed by atoms with E-state index in [0.29, 0.717) is 17.8 Å². The summed E-state index contributed by atoms with van der Waals surface area (Å²) >= 11 is 0. The van der Waals surface area contributed by atoms with Crippen molar-refractivity contribution in [3.63, 3.8) is 0 Å². The van der Waals surface area contributed by atoms with Crippen LogP contribution in [0.25, 0.3) is 21.8 Å². The number of carbonyl (C=O) groups excluding carboxylic acids is 1. The van der Waals surface area contributed by atoms with Crippen molar-refractivity contribution in [1.82, 2.24) is 9.97 Å². The molecule has 0 saturated heterocycles. The zero-order valence-electron chi connectivity index (χ0n) is 14.8. The highest BCUT2D eigenvalue weighted by molar-refractivity contribution is 5.97. The minimum atomic E-state index is -0.197. The van der Waals surface area contributed by atoms with Gasteiger partial charge in [0.25, 0.3) is 0 Å². The maximum absolute atomic E-state index is 12.5. The van der Waals surface area contributed by atoms with Gasteiger partial charge in [-0.3, -0.25) is 9.59 Å². The van der Waals surface area contributed by atoms with Gasteiger partial charge in [-0.15, -0.1) is 0 Å². The highest BCUT2D eigenvalue weighted by Crippen LogP contribution is 2.22. The predicted octanol–water partition coefficient (Wildman–Crippen LogP) is 3.34. The molecule has 0 aliphatic rings. The van der Waals surface area contributed by atoms with Crippen molar-refractivity contribution >= 4 is 33.4 Å². The van der Waals surface area contributed by atoms with Crippen LogP contribution in [0.4, 0.5) is 5.69 Å². The number of hydrogen-bond acceptors (Lipinski definition) is 3. The first kappa shape index (κ1) is 17.1. The Morgan fingerprint density at radius 3 is 2.70 bits per heavy atom. The van der Waals surface area contributed by atoms with Gasteiger partial charge in [-0.05, 0) is 29.3 Å². The van der Waals surface area contributed by atoms with E-state index in [4.69, 9.17) is 4.74 Å². The summed E-state index contributed by atoms with van der Waals surface area (Å²) in [5.74, 6) is -0.116. The van der Waals surface area contributed by atoms with E-state index < -0.39 is 0 Å². The molecule has 0 atom stereocenters. The Morgan fingerprint density at radius 2 is 1.85 bits per heavy atom. The molecule has 0 spiro atoms. The van der Waals surface area contributed by atoms with E-state index in [9.17, 15) is 9.59 Å². The van der Waals surface area contributed by atoms with Crippen LogP contribution >= 0.6 is 0 Å². The fourth-order valence-corrected chi connectivity index (χ4v) is 3.34. The van der Waals surface area contributed by atoms with E-state index in [1.54, 1.807) is 13.2 Å². The van der Waals surface area contributed by atoms with Crippen molar-refractivity contribution < 1.29 is 9.53 Å². The molecule has 1 amide bonds. The number of nitrogens with one attached hydrogen (secondary N) is 3. The third kappa shape index (κ3) is 3.47. The number of methoxy groups -OCH3 is 1.